The van der Waals surface area contributed by atoms with Crippen LogP contribution in [0.1, 0.15) is 51.1 Å². The highest BCUT2D eigenvalue weighted by molar-refractivity contribution is 9.10. The summed E-state index contributed by atoms with van der Waals surface area (Å²) in [5.74, 6) is 0.841. The molecular weight excluding hydrogens is 321 g/mol. The predicted molar refractivity (Wildman–Crippen MR) is 85.8 cm³/mol. The molecule has 0 bridgehead atoms. The van der Waals surface area contributed by atoms with Crippen molar-refractivity contribution in [2.24, 2.45) is 5.92 Å². The van der Waals surface area contributed by atoms with Gasteiger partial charge in [-0.2, -0.15) is 0 Å². The number of hydrogen-bond donors (Lipinski definition) is 1. The molecule has 0 saturated carbocycles. The maximum atomic E-state index is 13.7. The van der Waals surface area contributed by atoms with Gasteiger partial charge in [0.05, 0.1) is 11.6 Å². The number of nitrogens with one attached hydrogen (secondary N) is 1. The second-order valence-corrected chi connectivity index (χ2v) is 5.94. The monoisotopic (exact) mass is 345 g/mol. The van der Waals surface area contributed by atoms with Crippen molar-refractivity contribution in [3.8, 4) is 5.75 Å². The molecule has 4 heteroatoms. The first kappa shape index (κ1) is 17.4. The summed E-state index contributed by atoms with van der Waals surface area (Å²) in [6.07, 6.45) is 4.65. The average Bonchev–Trinajstić information content (AvgIpc) is 2.46. The van der Waals surface area contributed by atoms with Crippen LogP contribution in [0.15, 0.2) is 16.6 Å². The number of benzene rings is 1. The van der Waals surface area contributed by atoms with Gasteiger partial charge in [0, 0.05) is 17.7 Å². The van der Waals surface area contributed by atoms with Crippen LogP contribution in [0, 0.1) is 11.7 Å². The van der Waals surface area contributed by atoms with Crippen LogP contribution in [0.5, 0.6) is 5.75 Å². The first-order valence-corrected chi connectivity index (χ1v) is 8.08. The minimum absolute atomic E-state index is 0.179. The molecule has 2 atom stereocenters. The topological polar surface area (TPSA) is 21.3 Å². The summed E-state index contributed by atoms with van der Waals surface area (Å²) < 4.78 is 19.5. The van der Waals surface area contributed by atoms with Crippen molar-refractivity contribution in [1.82, 2.24) is 5.32 Å². The molecule has 1 rings (SSSR count). The Morgan fingerprint density at radius 1 is 1.35 bits per heavy atom. The van der Waals surface area contributed by atoms with Crippen molar-refractivity contribution >= 4 is 15.9 Å². The summed E-state index contributed by atoms with van der Waals surface area (Å²) in [6, 6.07) is 3.47. The van der Waals surface area contributed by atoms with Gasteiger partial charge in [-0.3, -0.25) is 0 Å². The Hall–Kier alpha value is -0.610. The van der Waals surface area contributed by atoms with Gasteiger partial charge in [0.25, 0.3) is 0 Å². The number of hydrogen-bond acceptors (Lipinski definition) is 2. The van der Waals surface area contributed by atoms with E-state index >= 15 is 0 Å². The molecule has 0 spiro atoms. The van der Waals surface area contributed by atoms with Crippen LogP contribution in [-0.4, -0.2) is 14.2 Å². The lowest BCUT2D eigenvalue weighted by molar-refractivity contribution is 0.323. The number of rotatable bonds is 8. The molecule has 0 aliphatic rings. The molecule has 0 aliphatic carbocycles. The van der Waals surface area contributed by atoms with Crippen LogP contribution in [-0.2, 0) is 0 Å². The second-order valence-electron chi connectivity index (χ2n) is 5.09. The molecule has 0 aliphatic heterocycles. The van der Waals surface area contributed by atoms with E-state index in [9.17, 15) is 4.39 Å². The van der Waals surface area contributed by atoms with Gasteiger partial charge in [0.1, 0.15) is 11.6 Å². The molecule has 0 heterocycles. The van der Waals surface area contributed by atoms with Crippen LogP contribution < -0.4 is 10.1 Å². The molecule has 1 aromatic rings. The zero-order valence-corrected chi connectivity index (χ0v) is 14.4. The van der Waals surface area contributed by atoms with Gasteiger partial charge in [0.15, 0.2) is 0 Å². The zero-order chi connectivity index (χ0) is 15.1. The number of ether oxygens (including phenoxy) is 1. The van der Waals surface area contributed by atoms with E-state index in [1.165, 1.54) is 18.9 Å². The molecule has 2 nitrogen and oxygen atoms in total. The van der Waals surface area contributed by atoms with Crippen molar-refractivity contribution in [3.05, 3.63) is 28.0 Å². The highest BCUT2D eigenvalue weighted by Gasteiger charge is 2.24. The summed E-state index contributed by atoms with van der Waals surface area (Å²) in [4.78, 5) is 0. The van der Waals surface area contributed by atoms with Crippen LogP contribution in [0.4, 0.5) is 4.39 Å². The Morgan fingerprint density at radius 2 is 2.05 bits per heavy atom. The van der Waals surface area contributed by atoms with E-state index in [4.69, 9.17) is 4.74 Å². The largest absolute Gasteiger partial charge is 0.496 e. The Morgan fingerprint density at radius 3 is 2.55 bits per heavy atom. The standard InChI is InChI=1S/C16H25BrFNO/c1-5-7-8-11(6-2)16(19-3)12-9-13(17)14(18)10-15(12)20-4/h9-11,16,19H,5-8H2,1-4H3. The first-order valence-electron chi connectivity index (χ1n) is 7.29. The quantitative estimate of drug-likeness (QED) is 0.709. The van der Waals surface area contributed by atoms with Gasteiger partial charge in [-0.25, -0.2) is 4.39 Å². The van der Waals surface area contributed by atoms with Crippen LogP contribution in [0.2, 0.25) is 0 Å². The summed E-state index contributed by atoms with van der Waals surface area (Å²) in [5, 5.41) is 3.38. The number of unbranched alkanes of at least 4 members (excludes halogenated alkanes) is 1. The minimum Gasteiger partial charge on any atom is -0.496 e. The number of methoxy groups -OCH3 is 1. The molecule has 0 fully saturated rings. The molecule has 20 heavy (non-hydrogen) atoms. The van der Waals surface area contributed by atoms with E-state index in [2.05, 4.69) is 35.1 Å². The zero-order valence-electron chi connectivity index (χ0n) is 12.8. The fourth-order valence-corrected chi connectivity index (χ4v) is 3.04. The normalized spacial score (nSPS) is 14.1. The Balaban J connectivity index is 3.12. The van der Waals surface area contributed by atoms with Gasteiger partial charge in [-0.1, -0.05) is 33.1 Å². The molecular formula is C16H25BrFNO. The highest BCUT2D eigenvalue weighted by atomic mass is 79.9. The van der Waals surface area contributed by atoms with Gasteiger partial charge in [0.2, 0.25) is 0 Å². The Labute approximate surface area is 130 Å². The smallest absolute Gasteiger partial charge is 0.141 e. The van der Waals surface area contributed by atoms with Crippen LogP contribution >= 0.6 is 15.9 Å². The van der Waals surface area contributed by atoms with Crippen LogP contribution in [0.3, 0.4) is 0 Å². The van der Waals surface area contributed by atoms with E-state index in [0.717, 1.165) is 18.4 Å². The van der Waals surface area contributed by atoms with Gasteiger partial charge in [-0.05, 0) is 41.4 Å². The number of halogens is 2. The van der Waals surface area contributed by atoms with Crippen molar-refractivity contribution in [2.45, 2.75) is 45.6 Å². The second kappa shape index (κ2) is 8.63. The molecule has 0 aromatic heterocycles. The third kappa shape index (κ3) is 4.19. The maximum absolute atomic E-state index is 13.7. The van der Waals surface area contributed by atoms with Crippen molar-refractivity contribution < 1.29 is 9.13 Å². The summed E-state index contributed by atoms with van der Waals surface area (Å²) in [7, 11) is 3.54. The molecule has 0 saturated heterocycles. The highest BCUT2D eigenvalue weighted by Crippen LogP contribution is 2.36. The third-order valence-corrected chi connectivity index (χ3v) is 4.45. The van der Waals surface area contributed by atoms with Gasteiger partial charge >= 0.3 is 0 Å². The maximum Gasteiger partial charge on any atom is 0.141 e. The minimum atomic E-state index is -0.290. The lowest BCUT2D eigenvalue weighted by Crippen LogP contribution is -2.25. The predicted octanol–water partition coefficient (Wildman–Crippen LogP) is 5.07. The lowest BCUT2D eigenvalue weighted by atomic mass is 9.86. The summed E-state index contributed by atoms with van der Waals surface area (Å²) >= 11 is 3.27. The van der Waals surface area contributed by atoms with E-state index in [0.29, 0.717) is 16.1 Å². The Bertz CT molecular complexity index is 425. The average molecular weight is 346 g/mol. The molecule has 114 valence electrons. The van der Waals surface area contributed by atoms with Crippen molar-refractivity contribution in [3.63, 3.8) is 0 Å². The van der Waals surface area contributed by atoms with Crippen molar-refractivity contribution in [1.29, 1.82) is 0 Å². The molecule has 0 amide bonds. The van der Waals surface area contributed by atoms with Gasteiger partial charge < -0.3 is 10.1 Å². The molecule has 1 N–H and O–H groups in total. The first-order chi connectivity index (χ1) is 9.58. The van der Waals surface area contributed by atoms with Gasteiger partial charge in [-0.15, -0.1) is 0 Å². The Kier molecular flexibility index (Phi) is 7.52. The summed E-state index contributed by atoms with van der Waals surface area (Å²) in [5.41, 5.74) is 1.02. The van der Waals surface area contributed by atoms with E-state index in [1.807, 2.05) is 13.1 Å². The fourth-order valence-electron chi connectivity index (χ4n) is 2.68. The molecule has 1 aromatic carbocycles. The SMILES string of the molecule is CCCCC(CC)C(NC)c1cc(Br)c(F)cc1OC. The third-order valence-electron chi connectivity index (χ3n) is 3.84. The van der Waals surface area contributed by atoms with Crippen LogP contribution in [0.25, 0.3) is 0 Å². The van der Waals surface area contributed by atoms with E-state index in [1.54, 1.807) is 7.11 Å². The summed E-state index contributed by atoms with van der Waals surface area (Å²) in [6.45, 7) is 4.41. The molecule has 2 unspecified atom stereocenters. The van der Waals surface area contributed by atoms with Crippen molar-refractivity contribution in [2.75, 3.05) is 14.2 Å². The van der Waals surface area contributed by atoms with E-state index in [-0.39, 0.29) is 11.9 Å². The van der Waals surface area contributed by atoms with E-state index < -0.39 is 0 Å². The molecule has 0 radical (unpaired) electrons. The lowest BCUT2D eigenvalue weighted by Gasteiger charge is -2.28. The fraction of sp³-hybridized carbons (Fsp3) is 0.625.